The predicted octanol–water partition coefficient (Wildman–Crippen LogP) is 0.681. The predicted molar refractivity (Wildman–Crippen MR) is 63.4 cm³/mol. The highest BCUT2D eigenvalue weighted by Crippen LogP contribution is 2.51. The van der Waals surface area contributed by atoms with E-state index in [2.05, 4.69) is 29.5 Å². The van der Waals surface area contributed by atoms with Crippen molar-refractivity contribution in [1.29, 1.82) is 0 Å². The molecular weight excluding hydrogens is 216 g/mol. The molecule has 5 nitrogen and oxygen atoms in total. The average molecular weight is 236 g/mol. The molecule has 5 heteroatoms. The van der Waals surface area contributed by atoms with Crippen LogP contribution in [0.15, 0.2) is 12.4 Å². The monoisotopic (exact) mass is 236 g/mol. The Morgan fingerprint density at radius 2 is 2.41 bits per heavy atom. The molecule has 0 radical (unpaired) electrons. The van der Waals surface area contributed by atoms with Gasteiger partial charge in [-0.3, -0.25) is 4.68 Å². The van der Waals surface area contributed by atoms with Crippen LogP contribution in [0.2, 0.25) is 0 Å². The van der Waals surface area contributed by atoms with Crippen LogP contribution in [0.4, 0.5) is 0 Å². The Morgan fingerprint density at radius 3 is 3.18 bits per heavy atom. The summed E-state index contributed by atoms with van der Waals surface area (Å²) < 4.78 is 7.64. The molecule has 0 aromatic carbocycles. The van der Waals surface area contributed by atoms with E-state index in [4.69, 9.17) is 4.74 Å². The highest BCUT2D eigenvalue weighted by atomic mass is 16.5. The Morgan fingerprint density at radius 1 is 1.53 bits per heavy atom. The van der Waals surface area contributed by atoms with Crippen LogP contribution in [0, 0.1) is 11.3 Å². The number of hydrogen-bond acceptors (Lipinski definition) is 4. The van der Waals surface area contributed by atoms with Crippen LogP contribution in [-0.4, -0.2) is 40.3 Å². The van der Waals surface area contributed by atoms with Gasteiger partial charge in [0.25, 0.3) is 0 Å². The molecule has 3 atom stereocenters. The summed E-state index contributed by atoms with van der Waals surface area (Å²) in [6.07, 6.45) is 5.28. The minimum absolute atomic E-state index is 0.267. The van der Waals surface area contributed by atoms with Crippen molar-refractivity contribution in [1.82, 2.24) is 20.3 Å². The smallest absolute Gasteiger partial charge is 0.0692 e. The third-order valence-corrected chi connectivity index (χ3v) is 4.28. The molecule has 3 rings (SSSR count). The second-order valence-electron chi connectivity index (χ2n) is 5.66. The average Bonchev–Trinajstić information content (AvgIpc) is 2.94. The molecule has 0 amide bonds. The van der Waals surface area contributed by atoms with Gasteiger partial charge in [-0.1, -0.05) is 19.1 Å². The molecule has 1 N–H and O–H groups in total. The van der Waals surface area contributed by atoms with E-state index in [1.54, 1.807) is 6.20 Å². The molecular formula is C12H20N4O. The van der Waals surface area contributed by atoms with Crippen molar-refractivity contribution in [2.45, 2.75) is 39.0 Å². The first-order chi connectivity index (χ1) is 8.19. The Hall–Kier alpha value is -0.940. The van der Waals surface area contributed by atoms with Crippen molar-refractivity contribution in [3.8, 4) is 0 Å². The summed E-state index contributed by atoms with van der Waals surface area (Å²) in [7, 11) is 0. The molecule has 17 heavy (non-hydrogen) atoms. The number of hydrogen-bond donors (Lipinski definition) is 1. The number of rotatable bonds is 4. The summed E-state index contributed by atoms with van der Waals surface area (Å²) in [5.74, 6) is 0.709. The molecule has 2 heterocycles. The first-order valence-corrected chi connectivity index (χ1v) is 6.38. The molecule has 1 aromatic heterocycles. The van der Waals surface area contributed by atoms with Crippen molar-refractivity contribution in [3.63, 3.8) is 0 Å². The van der Waals surface area contributed by atoms with Crippen LogP contribution in [0.3, 0.4) is 0 Å². The molecule has 0 bridgehead atoms. The molecule has 2 aliphatic rings. The fourth-order valence-electron chi connectivity index (χ4n) is 3.43. The van der Waals surface area contributed by atoms with Gasteiger partial charge in [0.15, 0.2) is 0 Å². The van der Waals surface area contributed by atoms with Gasteiger partial charge in [0.1, 0.15) is 0 Å². The Labute approximate surface area is 102 Å². The second-order valence-corrected chi connectivity index (χ2v) is 5.66. The van der Waals surface area contributed by atoms with Crippen LogP contribution in [0.5, 0.6) is 0 Å². The number of fused-ring (bicyclic) bond motifs is 1. The van der Waals surface area contributed by atoms with Gasteiger partial charge < -0.3 is 10.1 Å². The Bertz CT molecular complexity index is 376. The zero-order valence-corrected chi connectivity index (χ0v) is 10.5. The van der Waals surface area contributed by atoms with Gasteiger partial charge in [0, 0.05) is 36.7 Å². The summed E-state index contributed by atoms with van der Waals surface area (Å²) >= 11 is 0. The van der Waals surface area contributed by atoms with Gasteiger partial charge in [-0.05, 0) is 6.42 Å². The van der Waals surface area contributed by atoms with Gasteiger partial charge in [-0.15, -0.1) is 5.10 Å². The molecule has 94 valence electrons. The van der Waals surface area contributed by atoms with Crippen molar-refractivity contribution < 1.29 is 4.74 Å². The summed E-state index contributed by atoms with van der Waals surface area (Å²) in [5, 5.41) is 11.4. The minimum Gasteiger partial charge on any atom is -0.377 e. The first kappa shape index (κ1) is 11.2. The lowest BCUT2D eigenvalue weighted by molar-refractivity contribution is -0.112. The van der Waals surface area contributed by atoms with Crippen LogP contribution in [0.25, 0.3) is 0 Å². The van der Waals surface area contributed by atoms with Crippen molar-refractivity contribution in [2.24, 2.45) is 11.3 Å². The van der Waals surface area contributed by atoms with Gasteiger partial charge in [-0.2, -0.15) is 0 Å². The topological polar surface area (TPSA) is 52.0 Å². The summed E-state index contributed by atoms with van der Waals surface area (Å²) in [4.78, 5) is 0. The van der Waals surface area contributed by atoms with Crippen LogP contribution >= 0.6 is 0 Å². The van der Waals surface area contributed by atoms with E-state index in [1.165, 1.54) is 6.42 Å². The molecule has 3 unspecified atom stereocenters. The maximum absolute atomic E-state index is 5.78. The van der Waals surface area contributed by atoms with Crippen LogP contribution in [-0.2, 0) is 11.3 Å². The number of ether oxygens (including phenoxy) is 1. The molecule has 1 aliphatic heterocycles. The number of nitrogens with one attached hydrogen (secondary N) is 1. The van der Waals surface area contributed by atoms with E-state index >= 15 is 0 Å². The lowest BCUT2D eigenvalue weighted by Crippen LogP contribution is -2.66. The first-order valence-electron chi connectivity index (χ1n) is 6.38. The molecule has 1 aromatic rings. The summed E-state index contributed by atoms with van der Waals surface area (Å²) in [6, 6.07) is 0.582. The second kappa shape index (κ2) is 4.07. The van der Waals surface area contributed by atoms with Crippen molar-refractivity contribution >= 4 is 0 Å². The van der Waals surface area contributed by atoms with Crippen molar-refractivity contribution in [2.75, 3.05) is 13.2 Å². The van der Waals surface area contributed by atoms with E-state index in [0.29, 0.717) is 18.1 Å². The van der Waals surface area contributed by atoms with E-state index in [9.17, 15) is 0 Å². The Kier molecular flexibility index (Phi) is 2.67. The molecule has 0 spiro atoms. The zero-order chi connectivity index (χ0) is 11.9. The standard InChI is InChI=1S/C12H20N4O/c1-12(2)10(9-3-8-17-11(9)12)13-4-6-16-7-5-14-15-16/h5,7,9-11,13H,3-4,6,8H2,1-2H3. The van der Waals surface area contributed by atoms with E-state index in [0.717, 1.165) is 19.7 Å². The Balaban J connectivity index is 1.52. The highest BCUT2D eigenvalue weighted by molar-refractivity contribution is 5.11. The third kappa shape index (κ3) is 1.77. The fourth-order valence-corrected chi connectivity index (χ4v) is 3.43. The molecule has 1 saturated heterocycles. The van der Waals surface area contributed by atoms with Gasteiger partial charge in [-0.25, -0.2) is 0 Å². The van der Waals surface area contributed by atoms with E-state index < -0.39 is 0 Å². The maximum Gasteiger partial charge on any atom is 0.0692 e. The van der Waals surface area contributed by atoms with Crippen molar-refractivity contribution in [3.05, 3.63) is 12.4 Å². The largest absolute Gasteiger partial charge is 0.377 e. The van der Waals surface area contributed by atoms with Gasteiger partial charge in [0.05, 0.1) is 18.8 Å². The normalized spacial score (nSPS) is 34.4. The number of nitrogens with zero attached hydrogens (tertiary/aromatic N) is 3. The van der Waals surface area contributed by atoms with Crippen LogP contribution < -0.4 is 5.32 Å². The fraction of sp³-hybridized carbons (Fsp3) is 0.833. The van der Waals surface area contributed by atoms with E-state index in [-0.39, 0.29) is 5.41 Å². The minimum atomic E-state index is 0.267. The SMILES string of the molecule is CC1(C)C(NCCn2ccnn2)C2CCOC21. The zero-order valence-electron chi connectivity index (χ0n) is 10.5. The quantitative estimate of drug-likeness (QED) is 0.835. The molecule has 2 fully saturated rings. The number of aromatic nitrogens is 3. The molecule has 1 aliphatic carbocycles. The lowest BCUT2D eigenvalue weighted by atomic mass is 9.57. The third-order valence-electron chi connectivity index (χ3n) is 4.28. The molecule has 1 saturated carbocycles. The summed E-state index contributed by atoms with van der Waals surface area (Å²) in [5.41, 5.74) is 0.267. The lowest BCUT2D eigenvalue weighted by Gasteiger charge is -2.55. The van der Waals surface area contributed by atoms with E-state index in [1.807, 2.05) is 10.9 Å². The highest BCUT2D eigenvalue weighted by Gasteiger charge is 2.58. The summed E-state index contributed by atoms with van der Waals surface area (Å²) in [6.45, 7) is 7.35. The van der Waals surface area contributed by atoms with Gasteiger partial charge in [0.2, 0.25) is 0 Å². The maximum atomic E-state index is 5.78. The van der Waals surface area contributed by atoms with Crippen LogP contribution in [0.1, 0.15) is 20.3 Å². The van der Waals surface area contributed by atoms with Gasteiger partial charge >= 0.3 is 0 Å².